The summed E-state index contributed by atoms with van der Waals surface area (Å²) in [7, 11) is 3.44. The molecule has 0 aromatic carbocycles. The van der Waals surface area contributed by atoms with Crippen LogP contribution in [0.3, 0.4) is 0 Å². The van der Waals surface area contributed by atoms with Gasteiger partial charge >= 0.3 is 12.0 Å². The van der Waals surface area contributed by atoms with Crippen LogP contribution in [-0.4, -0.2) is 36.7 Å². The fraction of sp³-hybridized carbons (Fsp3) is 0.333. The molecule has 2 aromatic rings. The van der Waals surface area contributed by atoms with E-state index < -0.39 is 18.0 Å². The Morgan fingerprint density at radius 1 is 1.38 bits per heavy atom. The molecule has 21 heavy (non-hydrogen) atoms. The zero-order chi connectivity index (χ0) is 15.4. The van der Waals surface area contributed by atoms with Crippen LogP contribution in [0, 0.1) is 0 Å². The van der Waals surface area contributed by atoms with Crippen LogP contribution in [0.1, 0.15) is 17.3 Å². The van der Waals surface area contributed by atoms with Gasteiger partial charge in [0.15, 0.2) is 6.04 Å². The summed E-state index contributed by atoms with van der Waals surface area (Å²) >= 11 is 0. The number of hydrogen-bond donors (Lipinski definition) is 3. The van der Waals surface area contributed by atoms with Crippen molar-refractivity contribution < 1.29 is 14.7 Å². The molecule has 0 aliphatic rings. The summed E-state index contributed by atoms with van der Waals surface area (Å²) in [4.78, 5) is 23.0. The van der Waals surface area contributed by atoms with Crippen LogP contribution in [0.25, 0.3) is 0 Å². The van der Waals surface area contributed by atoms with Gasteiger partial charge in [-0.15, -0.1) is 0 Å². The molecular weight excluding hydrogens is 276 g/mol. The largest absolute Gasteiger partial charge is 0.479 e. The van der Waals surface area contributed by atoms with E-state index in [2.05, 4.69) is 20.8 Å². The van der Waals surface area contributed by atoms with Gasteiger partial charge in [-0.1, -0.05) is 0 Å². The molecule has 2 rings (SSSR count). The number of carboxylic acid groups (broad SMARTS) is 1. The maximum absolute atomic E-state index is 11.8. The predicted octanol–water partition coefficient (Wildman–Crippen LogP) is -0.221. The van der Waals surface area contributed by atoms with Crippen molar-refractivity contribution in [3.63, 3.8) is 0 Å². The van der Waals surface area contributed by atoms with Gasteiger partial charge in [-0.3, -0.25) is 9.36 Å². The fourth-order valence-corrected chi connectivity index (χ4v) is 1.79. The SMILES string of the molecule is Cn1cc(C(NC(=O)NCc2ccn(C)n2)C(=O)O)cn1. The molecule has 9 nitrogen and oxygen atoms in total. The van der Waals surface area contributed by atoms with E-state index in [0.29, 0.717) is 11.3 Å². The van der Waals surface area contributed by atoms with Gasteiger partial charge in [-0.05, 0) is 6.07 Å². The first kappa shape index (κ1) is 14.6. The van der Waals surface area contributed by atoms with E-state index in [0.717, 1.165) is 0 Å². The highest BCUT2D eigenvalue weighted by Gasteiger charge is 2.23. The zero-order valence-corrected chi connectivity index (χ0v) is 11.6. The normalized spacial score (nSPS) is 11.9. The number of nitrogens with zero attached hydrogens (tertiary/aromatic N) is 4. The minimum absolute atomic E-state index is 0.214. The van der Waals surface area contributed by atoms with Crippen LogP contribution >= 0.6 is 0 Å². The van der Waals surface area contributed by atoms with Crippen LogP contribution in [0.15, 0.2) is 24.7 Å². The molecule has 3 N–H and O–H groups in total. The number of aromatic nitrogens is 4. The summed E-state index contributed by atoms with van der Waals surface area (Å²) in [5.41, 5.74) is 1.08. The second kappa shape index (κ2) is 6.07. The zero-order valence-electron chi connectivity index (χ0n) is 11.6. The van der Waals surface area contributed by atoms with Crippen LogP contribution in [0.4, 0.5) is 4.79 Å². The van der Waals surface area contributed by atoms with E-state index in [9.17, 15) is 14.7 Å². The molecule has 112 valence electrons. The highest BCUT2D eigenvalue weighted by Crippen LogP contribution is 2.11. The third-order valence-corrected chi connectivity index (χ3v) is 2.78. The van der Waals surface area contributed by atoms with Gasteiger partial charge in [-0.2, -0.15) is 10.2 Å². The standard InChI is InChI=1S/C12H16N6O3/c1-17-4-3-9(16-17)6-13-12(21)15-10(11(19)20)8-5-14-18(2)7-8/h3-5,7,10H,6H2,1-2H3,(H,19,20)(H2,13,15,21). The molecule has 2 heterocycles. The van der Waals surface area contributed by atoms with Crippen molar-refractivity contribution in [2.45, 2.75) is 12.6 Å². The Morgan fingerprint density at radius 2 is 2.14 bits per heavy atom. The van der Waals surface area contributed by atoms with Gasteiger partial charge in [0.1, 0.15) is 0 Å². The molecule has 9 heteroatoms. The third-order valence-electron chi connectivity index (χ3n) is 2.78. The maximum atomic E-state index is 11.8. The van der Waals surface area contributed by atoms with Crippen molar-refractivity contribution in [3.8, 4) is 0 Å². The lowest BCUT2D eigenvalue weighted by molar-refractivity contribution is -0.139. The van der Waals surface area contributed by atoms with Gasteiger partial charge in [-0.25, -0.2) is 9.59 Å². The van der Waals surface area contributed by atoms with E-state index in [-0.39, 0.29) is 6.54 Å². The Bertz CT molecular complexity index is 647. The molecule has 1 unspecified atom stereocenters. The van der Waals surface area contributed by atoms with E-state index in [1.54, 1.807) is 31.0 Å². The topological polar surface area (TPSA) is 114 Å². The number of aliphatic carboxylic acids is 1. The molecular formula is C12H16N6O3. The van der Waals surface area contributed by atoms with E-state index in [1.807, 2.05) is 0 Å². The van der Waals surface area contributed by atoms with E-state index >= 15 is 0 Å². The number of aryl methyl sites for hydroxylation is 2. The molecule has 0 aliphatic carbocycles. The van der Waals surface area contributed by atoms with E-state index in [4.69, 9.17) is 0 Å². The van der Waals surface area contributed by atoms with Gasteiger partial charge in [0.2, 0.25) is 0 Å². The average molecular weight is 292 g/mol. The molecule has 0 saturated heterocycles. The first-order chi connectivity index (χ1) is 9.95. The second-order valence-corrected chi connectivity index (χ2v) is 4.53. The monoisotopic (exact) mass is 292 g/mol. The molecule has 0 fully saturated rings. The van der Waals surface area contributed by atoms with Crippen molar-refractivity contribution in [2.24, 2.45) is 14.1 Å². The maximum Gasteiger partial charge on any atom is 0.331 e. The van der Waals surface area contributed by atoms with Gasteiger partial charge in [0.25, 0.3) is 0 Å². The smallest absolute Gasteiger partial charge is 0.331 e. The second-order valence-electron chi connectivity index (χ2n) is 4.53. The molecule has 1 atom stereocenters. The molecule has 0 aliphatic heterocycles. The summed E-state index contributed by atoms with van der Waals surface area (Å²) in [6.07, 6.45) is 4.69. The Hall–Kier alpha value is -2.84. The van der Waals surface area contributed by atoms with Gasteiger partial charge in [0.05, 0.1) is 18.4 Å². The van der Waals surface area contributed by atoms with Crippen molar-refractivity contribution >= 4 is 12.0 Å². The Kier molecular flexibility index (Phi) is 4.21. The van der Waals surface area contributed by atoms with Crippen molar-refractivity contribution in [3.05, 3.63) is 35.9 Å². The highest BCUT2D eigenvalue weighted by atomic mass is 16.4. The quantitative estimate of drug-likeness (QED) is 0.705. The minimum atomic E-state index is -1.16. The Morgan fingerprint density at radius 3 is 2.67 bits per heavy atom. The lowest BCUT2D eigenvalue weighted by Crippen LogP contribution is -2.40. The first-order valence-electron chi connectivity index (χ1n) is 6.20. The lowest BCUT2D eigenvalue weighted by Gasteiger charge is -2.13. The number of nitrogens with one attached hydrogen (secondary N) is 2. The van der Waals surface area contributed by atoms with Crippen LogP contribution < -0.4 is 10.6 Å². The molecule has 0 radical (unpaired) electrons. The fourth-order valence-electron chi connectivity index (χ4n) is 1.79. The Balaban J connectivity index is 1.94. The summed E-state index contributed by atoms with van der Waals surface area (Å²) in [6.45, 7) is 0.214. The van der Waals surface area contributed by atoms with Crippen molar-refractivity contribution in [2.75, 3.05) is 0 Å². The predicted molar refractivity (Wildman–Crippen MR) is 72.2 cm³/mol. The number of amides is 2. The van der Waals surface area contributed by atoms with Crippen molar-refractivity contribution in [1.29, 1.82) is 0 Å². The third kappa shape index (κ3) is 3.81. The number of carbonyl (C=O) groups is 2. The van der Waals surface area contributed by atoms with E-state index in [1.165, 1.54) is 17.1 Å². The molecule has 2 amide bonds. The summed E-state index contributed by atoms with van der Waals surface area (Å²) < 4.78 is 3.09. The molecule has 2 aromatic heterocycles. The highest BCUT2D eigenvalue weighted by molar-refractivity contribution is 5.83. The number of rotatable bonds is 5. The molecule has 0 spiro atoms. The van der Waals surface area contributed by atoms with Gasteiger partial charge < -0.3 is 15.7 Å². The minimum Gasteiger partial charge on any atom is -0.479 e. The van der Waals surface area contributed by atoms with Crippen LogP contribution in [0.2, 0.25) is 0 Å². The molecule has 0 saturated carbocycles. The number of carboxylic acids is 1. The number of urea groups is 1. The van der Waals surface area contributed by atoms with Crippen LogP contribution in [-0.2, 0) is 25.4 Å². The van der Waals surface area contributed by atoms with Crippen molar-refractivity contribution in [1.82, 2.24) is 30.2 Å². The number of carbonyl (C=O) groups excluding carboxylic acids is 1. The Labute approximate surface area is 120 Å². The first-order valence-corrected chi connectivity index (χ1v) is 6.20. The summed E-state index contributed by atoms with van der Waals surface area (Å²) in [5, 5.41) is 22.1. The van der Waals surface area contributed by atoms with Crippen LogP contribution in [0.5, 0.6) is 0 Å². The summed E-state index contributed by atoms with van der Waals surface area (Å²) in [6, 6.07) is 0.0233. The lowest BCUT2D eigenvalue weighted by atomic mass is 10.1. The van der Waals surface area contributed by atoms with Gasteiger partial charge in [0, 0.05) is 32.1 Å². The molecule has 0 bridgehead atoms. The number of hydrogen-bond acceptors (Lipinski definition) is 4. The average Bonchev–Trinajstić information content (AvgIpc) is 3.02. The summed E-state index contributed by atoms with van der Waals surface area (Å²) in [5.74, 6) is -1.16.